The van der Waals surface area contributed by atoms with Gasteiger partial charge >= 0.3 is 0 Å². The zero-order valence-corrected chi connectivity index (χ0v) is 18.9. The maximum absolute atomic E-state index is 13.0. The summed E-state index contributed by atoms with van der Waals surface area (Å²) in [4.78, 5) is 28.4. The van der Waals surface area contributed by atoms with Gasteiger partial charge in [0, 0.05) is 49.7 Å². The highest BCUT2D eigenvalue weighted by Gasteiger charge is 2.36. The lowest BCUT2D eigenvalue weighted by molar-refractivity contribution is -0.134. The van der Waals surface area contributed by atoms with Gasteiger partial charge in [0.25, 0.3) is 0 Å². The number of ether oxygens (including phenoxy) is 1. The maximum atomic E-state index is 13.0. The van der Waals surface area contributed by atoms with Gasteiger partial charge in [0.2, 0.25) is 11.8 Å². The van der Waals surface area contributed by atoms with E-state index in [0.717, 1.165) is 17.5 Å². The number of likely N-dealkylation sites (tertiary alicyclic amines) is 2. The van der Waals surface area contributed by atoms with E-state index in [1.54, 1.807) is 22.7 Å². The summed E-state index contributed by atoms with van der Waals surface area (Å²) in [5.41, 5.74) is 2.85. The zero-order chi connectivity index (χ0) is 23.8. The summed E-state index contributed by atoms with van der Waals surface area (Å²) in [6.45, 7) is 5.86. The molecule has 5 heterocycles. The fourth-order valence-corrected chi connectivity index (χ4v) is 4.87. The average molecular weight is 460 g/mol. The number of aromatic nitrogens is 4. The van der Waals surface area contributed by atoms with Crippen LogP contribution in [0.4, 0.5) is 0 Å². The molecule has 5 rings (SSSR count). The largest absolute Gasteiger partial charge is 0.494 e. The highest BCUT2D eigenvalue weighted by molar-refractivity contribution is 5.88. The van der Waals surface area contributed by atoms with E-state index in [1.807, 2.05) is 28.0 Å². The van der Waals surface area contributed by atoms with Crippen LogP contribution in [0.3, 0.4) is 0 Å². The quantitative estimate of drug-likeness (QED) is 0.539. The maximum Gasteiger partial charge on any atom is 0.245 e. The van der Waals surface area contributed by atoms with Crippen LogP contribution in [0.15, 0.2) is 43.5 Å². The van der Waals surface area contributed by atoms with Crippen molar-refractivity contribution in [2.24, 2.45) is 5.92 Å². The summed E-state index contributed by atoms with van der Waals surface area (Å²) in [5, 5.41) is 18.1. The number of pyridine rings is 1. The van der Waals surface area contributed by atoms with E-state index >= 15 is 0 Å². The molecule has 2 aliphatic heterocycles. The first-order valence-electron chi connectivity index (χ1n) is 11.2. The molecule has 2 saturated heterocycles. The summed E-state index contributed by atoms with van der Waals surface area (Å²) in [6.07, 6.45) is 9.94. The lowest BCUT2D eigenvalue weighted by Gasteiger charge is -2.21. The van der Waals surface area contributed by atoms with Gasteiger partial charge in [-0.25, -0.2) is 4.52 Å². The number of carbonyl (C=O) groups excluding carboxylic acids is 2. The Bertz CT molecular complexity index is 1320. The molecule has 0 N–H and O–H groups in total. The molecule has 0 saturated carbocycles. The van der Waals surface area contributed by atoms with Gasteiger partial charge in [0.15, 0.2) is 0 Å². The Morgan fingerprint density at radius 1 is 1.15 bits per heavy atom. The molecular weight excluding hydrogens is 434 g/mol. The summed E-state index contributed by atoms with van der Waals surface area (Å²) in [6, 6.07) is 4.10. The Morgan fingerprint density at radius 2 is 1.97 bits per heavy atom. The molecule has 2 fully saturated rings. The Morgan fingerprint density at radius 3 is 2.74 bits per heavy atom. The van der Waals surface area contributed by atoms with Crippen LogP contribution in [0, 0.1) is 17.2 Å². The number of hydrogen-bond acceptors (Lipinski definition) is 6. The second-order valence-corrected chi connectivity index (χ2v) is 8.67. The summed E-state index contributed by atoms with van der Waals surface area (Å²) in [5.74, 6) is 0.406. The van der Waals surface area contributed by atoms with Crippen LogP contribution < -0.4 is 4.74 Å². The molecule has 0 spiro atoms. The molecule has 0 aromatic carbocycles. The van der Waals surface area contributed by atoms with Crippen LogP contribution in [0.1, 0.15) is 24.4 Å². The fraction of sp³-hybridized carbons (Fsp3) is 0.375. The molecule has 10 nitrogen and oxygen atoms in total. The van der Waals surface area contributed by atoms with E-state index < -0.39 is 0 Å². The van der Waals surface area contributed by atoms with E-state index in [9.17, 15) is 14.9 Å². The molecule has 0 aliphatic carbocycles. The summed E-state index contributed by atoms with van der Waals surface area (Å²) < 4.78 is 9.05. The SMILES string of the molecule is C=CC(=O)N1CC[C@H](C(=O)N2CC[C@@H](n3cc(-c4cc(OC)c5c(C#N)cnn5c4)cn3)C2)C1. The molecule has 2 aliphatic rings. The van der Waals surface area contributed by atoms with Crippen LogP contribution >= 0.6 is 0 Å². The van der Waals surface area contributed by atoms with E-state index in [-0.39, 0.29) is 23.8 Å². The van der Waals surface area contributed by atoms with Gasteiger partial charge in [-0.2, -0.15) is 15.5 Å². The number of fused-ring (bicyclic) bond motifs is 1. The number of hydrogen-bond donors (Lipinski definition) is 0. The molecule has 2 atom stereocenters. The first kappa shape index (κ1) is 21.7. The topological polar surface area (TPSA) is 109 Å². The third-order valence-electron chi connectivity index (χ3n) is 6.72. The fourth-order valence-electron chi connectivity index (χ4n) is 4.87. The first-order chi connectivity index (χ1) is 16.5. The van der Waals surface area contributed by atoms with Crippen molar-refractivity contribution in [2.45, 2.75) is 18.9 Å². The van der Waals surface area contributed by atoms with E-state index in [4.69, 9.17) is 4.74 Å². The second kappa shape index (κ2) is 8.67. The number of rotatable bonds is 5. The average Bonchev–Trinajstić information content (AvgIpc) is 3.67. The first-order valence-corrected chi connectivity index (χ1v) is 11.2. The Labute approximate surface area is 196 Å². The molecule has 3 aromatic rings. The lowest BCUT2D eigenvalue weighted by Crippen LogP contribution is -2.36. The summed E-state index contributed by atoms with van der Waals surface area (Å²) in [7, 11) is 1.57. The van der Waals surface area contributed by atoms with Crippen molar-refractivity contribution in [3.8, 4) is 22.9 Å². The normalized spacial score (nSPS) is 20.0. The van der Waals surface area contributed by atoms with Crippen molar-refractivity contribution in [1.29, 1.82) is 5.26 Å². The van der Waals surface area contributed by atoms with Crippen LogP contribution in [0.2, 0.25) is 0 Å². The van der Waals surface area contributed by atoms with Crippen molar-refractivity contribution in [1.82, 2.24) is 29.2 Å². The van der Waals surface area contributed by atoms with Gasteiger partial charge in [-0.15, -0.1) is 0 Å². The van der Waals surface area contributed by atoms with Crippen molar-refractivity contribution in [2.75, 3.05) is 33.3 Å². The zero-order valence-electron chi connectivity index (χ0n) is 18.9. The minimum atomic E-state index is -0.151. The van der Waals surface area contributed by atoms with Crippen molar-refractivity contribution in [3.63, 3.8) is 0 Å². The molecule has 3 aromatic heterocycles. The third-order valence-corrected chi connectivity index (χ3v) is 6.72. The number of methoxy groups -OCH3 is 1. The van der Waals surface area contributed by atoms with Gasteiger partial charge in [-0.3, -0.25) is 14.3 Å². The summed E-state index contributed by atoms with van der Waals surface area (Å²) >= 11 is 0. The van der Waals surface area contributed by atoms with E-state index in [0.29, 0.717) is 49.4 Å². The molecular formula is C24H25N7O3. The molecule has 0 radical (unpaired) electrons. The minimum Gasteiger partial charge on any atom is -0.494 e. The number of carbonyl (C=O) groups is 2. The standard InChI is InChI=1S/C24H25N7O3/c1-3-22(32)28-6-4-16(12-28)24(33)29-7-5-20(15-29)30-14-19(11-26-30)17-8-21(34-2)23-18(9-25)10-27-31(23)13-17/h3,8,10-11,13-14,16,20H,1,4-7,12,15H2,2H3/t16-,20+/m0/s1. The highest BCUT2D eigenvalue weighted by Crippen LogP contribution is 2.31. The monoisotopic (exact) mass is 459 g/mol. The molecule has 2 amide bonds. The number of nitriles is 1. The molecule has 34 heavy (non-hydrogen) atoms. The van der Waals surface area contributed by atoms with E-state index in [2.05, 4.69) is 22.8 Å². The van der Waals surface area contributed by atoms with Crippen LogP contribution in [-0.2, 0) is 9.59 Å². The van der Waals surface area contributed by atoms with Gasteiger partial charge < -0.3 is 14.5 Å². The van der Waals surface area contributed by atoms with Crippen LogP contribution in [0.25, 0.3) is 16.6 Å². The third kappa shape index (κ3) is 3.69. The minimum absolute atomic E-state index is 0.0885. The van der Waals surface area contributed by atoms with Crippen LogP contribution in [0.5, 0.6) is 5.75 Å². The predicted octanol–water partition coefficient (Wildman–Crippen LogP) is 1.89. The lowest BCUT2D eigenvalue weighted by atomic mass is 10.1. The molecule has 174 valence electrons. The molecule has 0 unspecified atom stereocenters. The van der Waals surface area contributed by atoms with Crippen molar-refractivity contribution in [3.05, 3.63) is 49.1 Å². The van der Waals surface area contributed by atoms with Crippen molar-refractivity contribution < 1.29 is 14.3 Å². The van der Waals surface area contributed by atoms with Gasteiger partial charge in [-0.05, 0) is 25.0 Å². The second-order valence-electron chi connectivity index (χ2n) is 8.67. The molecule has 10 heteroatoms. The predicted molar refractivity (Wildman–Crippen MR) is 123 cm³/mol. The van der Waals surface area contributed by atoms with Crippen molar-refractivity contribution >= 4 is 17.3 Å². The van der Waals surface area contributed by atoms with Gasteiger partial charge in [0.1, 0.15) is 22.9 Å². The van der Waals surface area contributed by atoms with Gasteiger partial charge in [0.05, 0.1) is 31.5 Å². The number of amides is 2. The van der Waals surface area contributed by atoms with Crippen LogP contribution in [-0.4, -0.2) is 74.3 Å². The Kier molecular flexibility index (Phi) is 5.53. The van der Waals surface area contributed by atoms with Gasteiger partial charge in [-0.1, -0.05) is 6.58 Å². The Hall–Kier alpha value is -4.13. The smallest absolute Gasteiger partial charge is 0.245 e. The number of nitrogens with zero attached hydrogens (tertiary/aromatic N) is 7. The molecule has 0 bridgehead atoms. The van der Waals surface area contributed by atoms with E-state index in [1.165, 1.54) is 12.3 Å². The highest BCUT2D eigenvalue weighted by atomic mass is 16.5. The Balaban J connectivity index is 1.30.